The molecule has 0 radical (unpaired) electrons. The summed E-state index contributed by atoms with van der Waals surface area (Å²) in [6.45, 7) is 5.53. The van der Waals surface area contributed by atoms with E-state index in [1.54, 1.807) is 6.07 Å². The molecular weight excluding hydrogens is 290 g/mol. The number of hydrogen-bond donors (Lipinski definition) is 0. The Balaban J connectivity index is 1.91. The molecule has 1 aliphatic rings. The van der Waals surface area contributed by atoms with Gasteiger partial charge in [-0.2, -0.15) is 0 Å². The lowest BCUT2D eigenvalue weighted by Crippen LogP contribution is -2.45. The molecule has 0 amide bonds. The number of hydrogen-bond acceptors (Lipinski definition) is 4. The van der Waals surface area contributed by atoms with Crippen molar-refractivity contribution >= 4 is 27.6 Å². The highest BCUT2D eigenvalue weighted by Crippen LogP contribution is 2.28. The largest absolute Gasteiger partial charge is 0.440 e. The minimum absolute atomic E-state index is 0.00111. The lowest BCUT2D eigenvalue weighted by atomic mass is 10.1. The van der Waals surface area contributed by atoms with Crippen LogP contribution in [0.15, 0.2) is 51.7 Å². The van der Waals surface area contributed by atoms with E-state index in [0.29, 0.717) is 16.9 Å². The normalized spacial score (nSPS) is 21.9. The van der Waals surface area contributed by atoms with Gasteiger partial charge in [-0.05, 0) is 25.3 Å². The number of ether oxygens (including phenoxy) is 1. The van der Waals surface area contributed by atoms with Crippen LogP contribution in [0.5, 0.6) is 0 Å². The van der Waals surface area contributed by atoms with Crippen molar-refractivity contribution in [3.63, 3.8) is 0 Å². The van der Waals surface area contributed by atoms with E-state index in [1.807, 2.05) is 50.2 Å². The van der Waals surface area contributed by atoms with Crippen LogP contribution in [-0.4, -0.2) is 25.3 Å². The van der Waals surface area contributed by atoms with Crippen LogP contribution in [0, 0.1) is 0 Å². The van der Waals surface area contributed by atoms with Crippen LogP contribution in [0.2, 0.25) is 0 Å². The van der Waals surface area contributed by atoms with Gasteiger partial charge in [-0.1, -0.05) is 30.3 Å². The monoisotopic (exact) mass is 309 g/mol. The summed E-state index contributed by atoms with van der Waals surface area (Å²) < 4.78 is 11.9. The highest BCUT2D eigenvalue weighted by molar-refractivity contribution is 6.04. The Kier molecular flexibility index (Phi) is 3.34. The topological polar surface area (TPSA) is 42.7 Å². The van der Waals surface area contributed by atoms with E-state index in [0.717, 1.165) is 23.9 Å². The molecule has 1 saturated heterocycles. The predicted molar refractivity (Wildman–Crippen MR) is 92.2 cm³/mol. The Hall–Kier alpha value is -2.33. The molecule has 0 N–H and O–H groups in total. The van der Waals surface area contributed by atoms with Crippen molar-refractivity contribution in [2.24, 2.45) is 0 Å². The number of nitrogens with zero attached hydrogens (tertiary/aromatic N) is 1. The number of rotatable bonds is 1. The molecule has 2 aromatic carbocycles. The first-order valence-electron chi connectivity index (χ1n) is 7.98. The second-order valence-corrected chi connectivity index (χ2v) is 6.27. The molecule has 0 aliphatic carbocycles. The van der Waals surface area contributed by atoms with Crippen LogP contribution in [-0.2, 0) is 4.74 Å². The molecule has 4 heteroatoms. The molecule has 2 heterocycles. The van der Waals surface area contributed by atoms with Crippen molar-refractivity contribution in [2.75, 3.05) is 18.0 Å². The van der Waals surface area contributed by atoms with Crippen molar-refractivity contribution < 1.29 is 9.15 Å². The predicted octanol–water partition coefficient (Wildman–Crippen LogP) is 3.56. The standard InChI is InChI=1S/C19H19NO3/c1-12-10-20(11-13(2)22-12)18-9-17(21)16-8-7-14-5-3-4-6-15(14)19(16)23-18/h3-9,12-13H,10-11H2,1-2H3/t12-,13+. The van der Waals surface area contributed by atoms with E-state index in [-0.39, 0.29) is 17.6 Å². The van der Waals surface area contributed by atoms with E-state index in [4.69, 9.17) is 9.15 Å². The highest BCUT2D eigenvalue weighted by atomic mass is 16.5. The van der Waals surface area contributed by atoms with Crippen molar-refractivity contribution in [1.82, 2.24) is 0 Å². The van der Waals surface area contributed by atoms with Crippen LogP contribution >= 0.6 is 0 Å². The van der Waals surface area contributed by atoms with Gasteiger partial charge < -0.3 is 14.1 Å². The maximum absolute atomic E-state index is 12.5. The molecule has 0 spiro atoms. The molecule has 1 aliphatic heterocycles. The van der Waals surface area contributed by atoms with Crippen LogP contribution in [0.3, 0.4) is 0 Å². The van der Waals surface area contributed by atoms with Gasteiger partial charge >= 0.3 is 0 Å². The van der Waals surface area contributed by atoms with Gasteiger partial charge in [-0.3, -0.25) is 4.79 Å². The van der Waals surface area contributed by atoms with Crippen LogP contribution < -0.4 is 10.3 Å². The first kappa shape index (κ1) is 14.3. The molecule has 0 unspecified atom stereocenters. The van der Waals surface area contributed by atoms with E-state index >= 15 is 0 Å². The number of morpholine rings is 1. The summed E-state index contributed by atoms with van der Waals surface area (Å²) in [7, 11) is 0. The summed E-state index contributed by atoms with van der Waals surface area (Å²) in [5.41, 5.74) is 0.663. The molecule has 23 heavy (non-hydrogen) atoms. The van der Waals surface area contributed by atoms with Crippen molar-refractivity contribution in [3.05, 3.63) is 52.7 Å². The fraction of sp³-hybridized carbons (Fsp3) is 0.316. The third kappa shape index (κ3) is 2.49. The summed E-state index contributed by atoms with van der Waals surface area (Å²) in [6.07, 6.45) is 0.236. The van der Waals surface area contributed by atoms with Gasteiger partial charge in [-0.15, -0.1) is 0 Å². The van der Waals surface area contributed by atoms with Crippen LogP contribution in [0.4, 0.5) is 5.88 Å². The van der Waals surface area contributed by atoms with Gasteiger partial charge in [-0.25, -0.2) is 0 Å². The van der Waals surface area contributed by atoms with Crippen molar-refractivity contribution in [3.8, 4) is 0 Å². The van der Waals surface area contributed by atoms with Gasteiger partial charge in [0.25, 0.3) is 0 Å². The first-order valence-corrected chi connectivity index (χ1v) is 7.98. The van der Waals surface area contributed by atoms with E-state index < -0.39 is 0 Å². The Morgan fingerprint density at radius 1 is 1.00 bits per heavy atom. The average Bonchev–Trinajstić information content (AvgIpc) is 2.53. The third-order valence-electron chi connectivity index (χ3n) is 4.34. The van der Waals surface area contributed by atoms with Gasteiger partial charge in [0.2, 0.25) is 0 Å². The van der Waals surface area contributed by atoms with Crippen molar-refractivity contribution in [1.29, 1.82) is 0 Å². The molecule has 4 rings (SSSR count). The Morgan fingerprint density at radius 3 is 2.52 bits per heavy atom. The highest BCUT2D eigenvalue weighted by Gasteiger charge is 2.24. The maximum Gasteiger partial charge on any atom is 0.200 e. The number of fused-ring (bicyclic) bond motifs is 3. The molecule has 1 fully saturated rings. The molecule has 118 valence electrons. The average molecular weight is 309 g/mol. The summed E-state index contributed by atoms with van der Waals surface area (Å²) in [5, 5.41) is 2.67. The molecule has 3 aromatic rings. The van der Waals surface area contributed by atoms with Gasteiger partial charge in [0, 0.05) is 24.5 Å². The summed E-state index contributed by atoms with van der Waals surface area (Å²) in [6, 6.07) is 13.4. The van der Waals surface area contributed by atoms with E-state index in [2.05, 4.69) is 4.90 Å². The first-order chi connectivity index (χ1) is 11.1. The Labute approximate surface area is 134 Å². The van der Waals surface area contributed by atoms with Crippen molar-refractivity contribution in [2.45, 2.75) is 26.1 Å². The SMILES string of the molecule is C[C@@H]1CN(c2cc(=O)c3ccc4ccccc4c3o2)C[C@H](C)O1. The molecule has 1 aromatic heterocycles. The zero-order valence-electron chi connectivity index (χ0n) is 13.3. The van der Waals surface area contributed by atoms with Crippen LogP contribution in [0.25, 0.3) is 21.7 Å². The molecule has 0 bridgehead atoms. The summed E-state index contributed by atoms with van der Waals surface area (Å²) in [4.78, 5) is 14.6. The fourth-order valence-corrected chi connectivity index (χ4v) is 3.38. The zero-order chi connectivity index (χ0) is 16.0. The third-order valence-corrected chi connectivity index (χ3v) is 4.34. The number of benzene rings is 2. The Morgan fingerprint density at radius 2 is 1.74 bits per heavy atom. The molecule has 2 atom stereocenters. The van der Waals surface area contributed by atoms with Gasteiger partial charge in [0.05, 0.1) is 17.6 Å². The maximum atomic E-state index is 12.5. The smallest absolute Gasteiger partial charge is 0.200 e. The second kappa shape index (κ2) is 5.39. The van der Waals surface area contributed by atoms with E-state index in [9.17, 15) is 4.79 Å². The minimum Gasteiger partial charge on any atom is -0.440 e. The minimum atomic E-state index is -0.00111. The quantitative estimate of drug-likeness (QED) is 0.645. The van der Waals surface area contributed by atoms with Gasteiger partial charge in [0.1, 0.15) is 5.58 Å². The molecular formula is C19H19NO3. The second-order valence-electron chi connectivity index (χ2n) is 6.27. The lowest BCUT2D eigenvalue weighted by Gasteiger charge is -2.35. The Bertz CT molecular complexity index is 921. The van der Waals surface area contributed by atoms with Gasteiger partial charge in [0.15, 0.2) is 11.3 Å². The lowest BCUT2D eigenvalue weighted by molar-refractivity contribution is -0.00638. The zero-order valence-corrected chi connectivity index (χ0v) is 13.3. The molecule has 0 saturated carbocycles. The van der Waals surface area contributed by atoms with Crippen LogP contribution in [0.1, 0.15) is 13.8 Å². The van der Waals surface area contributed by atoms with E-state index in [1.165, 1.54) is 0 Å². The number of anilines is 1. The fourth-order valence-electron chi connectivity index (χ4n) is 3.38. The summed E-state index contributed by atoms with van der Waals surface area (Å²) >= 11 is 0. The summed E-state index contributed by atoms with van der Waals surface area (Å²) in [5.74, 6) is 0.626. The molecule has 4 nitrogen and oxygen atoms in total.